The van der Waals surface area contributed by atoms with Crippen LogP contribution in [0.5, 0.6) is 0 Å². The number of carbonyl (C=O) groups excluding carboxylic acids is 1. The van der Waals surface area contributed by atoms with Gasteiger partial charge < -0.3 is 33.9 Å². The Morgan fingerprint density at radius 2 is 1.55 bits per heavy atom. The van der Waals surface area contributed by atoms with Gasteiger partial charge in [0.25, 0.3) is 0 Å². The minimum Gasteiger partial charge on any atom is -0.501 e. The molecule has 0 spiro atoms. The summed E-state index contributed by atoms with van der Waals surface area (Å²) in [7, 11) is -2.67. The summed E-state index contributed by atoms with van der Waals surface area (Å²) in [5.74, 6) is 0.869. The zero-order chi connectivity index (χ0) is 41.1. The summed E-state index contributed by atoms with van der Waals surface area (Å²) in [4.78, 5) is 27.8. The Morgan fingerprint density at radius 3 is 2.05 bits per heavy atom. The Kier molecular flexibility index (Phi) is 13.8. The quantitative estimate of drug-likeness (QED) is 0.0612. The number of aliphatic hydroxyl groups is 1. The number of fused-ring (bicyclic) bond motifs is 3. The lowest BCUT2D eigenvalue weighted by Gasteiger charge is -2.40. The van der Waals surface area contributed by atoms with Gasteiger partial charge in [-0.2, -0.15) is 9.61 Å². The summed E-state index contributed by atoms with van der Waals surface area (Å²) in [6, 6.07) is 6.01. The fraction of sp³-hybridized carbons (Fsp3) is 0.667. The van der Waals surface area contributed by atoms with E-state index in [1.807, 2.05) is 61.5 Å². The highest BCUT2D eigenvalue weighted by molar-refractivity contribution is 6.76. The summed E-state index contributed by atoms with van der Waals surface area (Å²) in [5.41, 5.74) is 3.14. The van der Waals surface area contributed by atoms with Crippen molar-refractivity contribution in [3.63, 3.8) is 0 Å². The summed E-state index contributed by atoms with van der Waals surface area (Å²) in [5, 5.41) is 15.6. The number of rotatable bonds is 17. The highest BCUT2D eigenvalue weighted by atomic mass is 28.3. The molecule has 5 rings (SSSR count). The molecule has 0 aromatic carbocycles. The molecule has 14 heteroatoms. The Hall–Kier alpha value is -3.31. The average Bonchev–Trinajstić information content (AvgIpc) is 3.63. The maximum atomic E-state index is 13.5. The van der Waals surface area contributed by atoms with Crippen molar-refractivity contribution < 1.29 is 28.8 Å². The molecule has 2 fully saturated rings. The number of anilines is 1. The van der Waals surface area contributed by atoms with E-state index in [0.717, 1.165) is 66.0 Å². The number of pyridine rings is 1. The summed E-state index contributed by atoms with van der Waals surface area (Å²) in [6.45, 7) is 27.8. The fourth-order valence-electron chi connectivity index (χ4n) is 7.39. The molecule has 0 radical (unpaired) electrons. The van der Waals surface area contributed by atoms with Gasteiger partial charge in [-0.05, 0) is 91.5 Å². The molecular formula is C42H68N6O6Si2. The molecule has 5 heterocycles. The van der Waals surface area contributed by atoms with Crippen molar-refractivity contribution in [1.82, 2.24) is 24.5 Å². The minimum absolute atomic E-state index is 0.0488. The largest absolute Gasteiger partial charge is 0.501 e. The molecule has 12 nitrogen and oxygen atoms in total. The van der Waals surface area contributed by atoms with Gasteiger partial charge in [0.05, 0.1) is 30.5 Å². The van der Waals surface area contributed by atoms with Crippen molar-refractivity contribution in [2.24, 2.45) is 0 Å². The lowest BCUT2D eigenvalue weighted by atomic mass is 9.86. The van der Waals surface area contributed by atoms with Crippen molar-refractivity contribution in [3.05, 3.63) is 47.7 Å². The van der Waals surface area contributed by atoms with Crippen LogP contribution in [-0.2, 0) is 24.5 Å². The third-order valence-corrected chi connectivity index (χ3v) is 13.8. The normalized spacial score (nSPS) is 19.3. The molecule has 310 valence electrons. The molecule has 3 aromatic heterocycles. The van der Waals surface area contributed by atoms with Gasteiger partial charge in [-0.25, -0.2) is 9.78 Å². The van der Waals surface area contributed by atoms with Gasteiger partial charge in [0.15, 0.2) is 5.65 Å². The van der Waals surface area contributed by atoms with Crippen molar-refractivity contribution in [3.8, 4) is 11.1 Å². The van der Waals surface area contributed by atoms with Crippen molar-refractivity contribution in [2.75, 3.05) is 38.2 Å². The first-order valence-electron chi connectivity index (χ1n) is 20.5. The highest BCUT2D eigenvalue weighted by Gasteiger charge is 2.46. The molecule has 2 saturated heterocycles. The smallest absolute Gasteiger partial charge is 0.410 e. The van der Waals surface area contributed by atoms with Crippen LogP contribution in [0.25, 0.3) is 22.9 Å². The van der Waals surface area contributed by atoms with E-state index < -0.39 is 27.3 Å². The van der Waals surface area contributed by atoms with E-state index in [4.69, 9.17) is 29.0 Å². The lowest BCUT2D eigenvalue weighted by Crippen LogP contribution is -2.48. The highest BCUT2D eigenvalue weighted by Crippen LogP contribution is 2.46. The van der Waals surface area contributed by atoms with Crippen LogP contribution in [0.15, 0.2) is 30.8 Å². The molecule has 56 heavy (non-hydrogen) atoms. The number of nitrogens with zero attached hydrogens (tertiary/aromatic N) is 6. The monoisotopic (exact) mass is 808 g/mol. The van der Waals surface area contributed by atoms with E-state index in [2.05, 4.69) is 49.2 Å². The van der Waals surface area contributed by atoms with Gasteiger partial charge in [0, 0.05) is 70.3 Å². The number of aromatic nitrogens is 4. The van der Waals surface area contributed by atoms with Crippen LogP contribution in [0.4, 0.5) is 10.6 Å². The maximum Gasteiger partial charge on any atom is 0.410 e. The number of hydrogen-bond donors (Lipinski definition) is 1. The molecule has 2 unspecified atom stereocenters. The van der Waals surface area contributed by atoms with Gasteiger partial charge >= 0.3 is 6.09 Å². The topological polar surface area (TPSA) is 124 Å². The van der Waals surface area contributed by atoms with Crippen LogP contribution in [0.1, 0.15) is 90.1 Å². The average molecular weight is 809 g/mol. The van der Waals surface area contributed by atoms with E-state index >= 15 is 0 Å². The number of piperidine rings is 1. The molecular weight excluding hydrogens is 741 g/mol. The first-order chi connectivity index (χ1) is 26.1. The van der Waals surface area contributed by atoms with Crippen molar-refractivity contribution in [2.45, 2.75) is 148 Å². The Balaban J connectivity index is 1.66. The molecule has 0 aliphatic carbocycles. The third kappa shape index (κ3) is 11.4. The van der Waals surface area contributed by atoms with E-state index in [1.54, 1.807) is 26.3 Å². The summed E-state index contributed by atoms with van der Waals surface area (Å²) >= 11 is 0. The van der Waals surface area contributed by atoms with E-state index in [0.29, 0.717) is 44.6 Å². The van der Waals surface area contributed by atoms with Crippen LogP contribution in [-0.4, -0.2) is 103 Å². The van der Waals surface area contributed by atoms with E-state index in [-0.39, 0.29) is 24.1 Å². The second kappa shape index (κ2) is 17.7. The molecule has 2 aliphatic heterocycles. The van der Waals surface area contributed by atoms with Crippen LogP contribution < -0.4 is 4.90 Å². The fourth-order valence-corrected chi connectivity index (χ4v) is 8.91. The van der Waals surface area contributed by atoms with Crippen molar-refractivity contribution >= 4 is 39.8 Å². The predicted octanol–water partition coefficient (Wildman–Crippen LogP) is 9.10. The van der Waals surface area contributed by atoms with Crippen LogP contribution in [0.2, 0.25) is 51.4 Å². The molecule has 1 amide bonds. The zero-order valence-corrected chi connectivity index (χ0v) is 38.1. The number of hydrogen-bond acceptors (Lipinski definition) is 10. The lowest BCUT2D eigenvalue weighted by molar-refractivity contribution is 0.00567. The van der Waals surface area contributed by atoms with Crippen LogP contribution >= 0.6 is 0 Å². The first kappa shape index (κ1) is 43.8. The Bertz CT molecular complexity index is 1770. The SMILES string of the molecule is CCOC=Cc1c(C2CC3CCC(C2)N3C(=O)OC(C)(C)C)nc2c(-c3ccc(C(C)(C)O)nc3)cnn2c1N(COCC[Si](C)(C)C)COCC[Si](C)(C)C. The molecule has 3 aromatic rings. The Morgan fingerprint density at radius 1 is 0.946 bits per heavy atom. The van der Waals surface area contributed by atoms with E-state index in [9.17, 15) is 9.90 Å². The van der Waals surface area contributed by atoms with Crippen LogP contribution in [0, 0.1) is 0 Å². The second-order valence-electron chi connectivity index (χ2n) is 19.5. The molecule has 2 bridgehead atoms. The van der Waals surface area contributed by atoms with Crippen molar-refractivity contribution in [1.29, 1.82) is 0 Å². The molecule has 0 saturated carbocycles. The number of amides is 1. The van der Waals surface area contributed by atoms with Gasteiger partial charge in [-0.3, -0.25) is 4.98 Å². The van der Waals surface area contributed by atoms with E-state index in [1.165, 1.54) is 0 Å². The van der Waals surface area contributed by atoms with Gasteiger partial charge in [0.2, 0.25) is 0 Å². The molecule has 2 aliphatic rings. The molecule has 1 N–H and O–H groups in total. The number of ether oxygens (including phenoxy) is 4. The summed E-state index contributed by atoms with van der Waals surface area (Å²) in [6.07, 6.45) is 10.5. The summed E-state index contributed by atoms with van der Waals surface area (Å²) < 4.78 is 26.6. The third-order valence-electron chi connectivity index (χ3n) is 10.4. The van der Waals surface area contributed by atoms with Gasteiger partial charge in [-0.15, -0.1) is 0 Å². The number of carbonyl (C=O) groups is 1. The molecule has 2 atom stereocenters. The minimum atomic E-state index is -1.34. The maximum absolute atomic E-state index is 13.5. The first-order valence-corrected chi connectivity index (χ1v) is 27.9. The second-order valence-corrected chi connectivity index (χ2v) is 30.7. The predicted molar refractivity (Wildman–Crippen MR) is 229 cm³/mol. The van der Waals surface area contributed by atoms with Gasteiger partial charge in [-0.1, -0.05) is 45.3 Å². The van der Waals surface area contributed by atoms with Crippen LogP contribution in [0.3, 0.4) is 0 Å². The Labute approximate surface area is 337 Å². The van der Waals surface area contributed by atoms with Gasteiger partial charge in [0.1, 0.15) is 30.5 Å². The zero-order valence-electron chi connectivity index (χ0n) is 36.1. The standard InChI is InChI=1S/C42H68N6O6Si2/c1-13-51-19-18-34-37(31-24-32-15-16-33(25-31)47(32)40(49)54-41(2,3)4)45-38-35(30-14-17-36(43-26-30)42(5,6)50)27-44-48(38)39(34)46(28-52-20-22-55(7,8)9)29-53-21-23-56(10,11)12/h14,17-19,26-27,31-33,50H,13,15-16,20-25,28-29H2,1-12H3.